The number of ether oxygens (including phenoxy) is 1. The number of carbonyl (C=O) groups is 2. The number of morpholine rings is 1. The van der Waals surface area contributed by atoms with Gasteiger partial charge >= 0.3 is 0 Å². The summed E-state index contributed by atoms with van der Waals surface area (Å²) in [4.78, 5) is 27.5. The molecule has 1 aromatic rings. The Labute approximate surface area is 129 Å². The van der Waals surface area contributed by atoms with Crippen molar-refractivity contribution in [2.75, 3.05) is 33.3 Å². The second kappa shape index (κ2) is 5.39. The maximum atomic E-state index is 12.5. The highest BCUT2D eigenvalue weighted by Gasteiger charge is 2.45. The fraction of sp³-hybridized carbons (Fsp3) is 0.667. The zero-order chi connectivity index (χ0) is 15.9. The molecule has 0 aromatic carbocycles. The molecule has 1 unspecified atom stereocenters. The largest absolute Gasteiger partial charge is 0.361 e. The number of likely N-dealkylation sites (N-methyl/N-ethyl adjacent to an activating group) is 1. The number of carbonyl (C=O) groups excluding carboxylic acids is 2. The summed E-state index contributed by atoms with van der Waals surface area (Å²) in [6, 6.07) is 1.96. The van der Waals surface area contributed by atoms with Crippen LogP contribution in [0.2, 0.25) is 0 Å². The lowest BCUT2D eigenvalue weighted by molar-refractivity contribution is -0.159. The van der Waals surface area contributed by atoms with E-state index in [-0.39, 0.29) is 25.0 Å². The number of likely N-dealkylation sites (tertiary alicyclic amines) is 1. The highest BCUT2D eigenvalue weighted by atomic mass is 16.5. The molecule has 1 atom stereocenters. The summed E-state index contributed by atoms with van der Waals surface area (Å²) in [6.45, 7) is 5.99. The smallest absolute Gasteiger partial charge is 0.248 e. The van der Waals surface area contributed by atoms with Gasteiger partial charge in [0.25, 0.3) is 0 Å². The van der Waals surface area contributed by atoms with E-state index in [1.807, 2.05) is 24.8 Å². The molecule has 3 heterocycles. The second-order valence-corrected chi connectivity index (χ2v) is 6.37. The van der Waals surface area contributed by atoms with Crippen molar-refractivity contribution in [1.29, 1.82) is 0 Å². The molecule has 120 valence electrons. The molecular weight excluding hydrogens is 284 g/mol. The van der Waals surface area contributed by atoms with Gasteiger partial charge in [-0.1, -0.05) is 0 Å². The van der Waals surface area contributed by atoms with Crippen LogP contribution in [0.3, 0.4) is 0 Å². The molecule has 7 heteroatoms. The molecule has 0 bridgehead atoms. The number of amides is 2. The molecule has 22 heavy (non-hydrogen) atoms. The van der Waals surface area contributed by atoms with Gasteiger partial charge in [-0.15, -0.1) is 0 Å². The Morgan fingerprint density at radius 2 is 2.18 bits per heavy atom. The molecule has 0 aliphatic carbocycles. The normalized spacial score (nSPS) is 25.3. The molecule has 0 radical (unpaired) electrons. The number of aryl methyl sites for hydroxylation is 2. The molecule has 1 aromatic heterocycles. The fourth-order valence-corrected chi connectivity index (χ4v) is 3.26. The quantitative estimate of drug-likeness (QED) is 0.769. The van der Waals surface area contributed by atoms with Crippen LogP contribution < -0.4 is 0 Å². The van der Waals surface area contributed by atoms with Gasteiger partial charge in [-0.2, -0.15) is 5.10 Å². The Morgan fingerprint density at radius 3 is 2.82 bits per heavy atom. The van der Waals surface area contributed by atoms with Crippen LogP contribution in [-0.2, 0) is 20.9 Å². The molecule has 1 spiro atoms. The van der Waals surface area contributed by atoms with Gasteiger partial charge < -0.3 is 14.5 Å². The fourth-order valence-electron chi connectivity index (χ4n) is 3.26. The van der Waals surface area contributed by atoms with E-state index in [4.69, 9.17) is 4.74 Å². The minimum Gasteiger partial charge on any atom is -0.361 e. The molecule has 2 aliphatic rings. The van der Waals surface area contributed by atoms with E-state index in [0.717, 1.165) is 17.8 Å². The number of hydrogen-bond acceptors (Lipinski definition) is 4. The van der Waals surface area contributed by atoms with Gasteiger partial charge in [-0.3, -0.25) is 14.3 Å². The van der Waals surface area contributed by atoms with E-state index in [0.29, 0.717) is 19.6 Å². The molecule has 7 nitrogen and oxygen atoms in total. The maximum absolute atomic E-state index is 12.5. The Balaban J connectivity index is 1.64. The lowest BCUT2D eigenvalue weighted by Gasteiger charge is -2.38. The van der Waals surface area contributed by atoms with E-state index in [1.54, 1.807) is 16.6 Å². The van der Waals surface area contributed by atoms with E-state index in [2.05, 4.69) is 5.10 Å². The van der Waals surface area contributed by atoms with Crippen LogP contribution >= 0.6 is 0 Å². The maximum Gasteiger partial charge on any atom is 0.248 e. The van der Waals surface area contributed by atoms with Crippen molar-refractivity contribution in [3.8, 4) is 0 Å². The monoisotopic (exact) mass is 306 g/mol. The van der Waals surface area contributed by atoms with Crippen LogP contribution in [0, 0.1) is 13.8 Å². The first-order valence-electron chi connectivity index (χ1n) is 7.55. The van der Waals surface area contributed by atoms with Crippen LogP contribution in [0.5, 0.6) is 0 Å². The summed E-state index contributed by atoms with van der Waals surface area (Å²) >= 11 is 0. The molecular formula is C15H22N4O3. The van der Waals surface area contributed by atoms with Gasteiger partial charge in [-0.25, -0.2) is 0 Å². The minimum absolute atomic E-state index is 0.00181. The van der Waals surface area contributed by atoms with Crippen molar-refractivity contribution < 1.29 is 14.3 Å². The number of aromatic nitrogens is 2. The molecule has 2 amide bonds. The predicted octanol–water partition coefficient (Wildman–Crippen LogP) is -0.0404. The first kappa shape index (κ1) is 15.0. The highest BCUT2D eigenvalue weighted by Crippen LogP contribution is 2.29. The van der Waals surface area contributed by atoms with Crippen LogP contribution in [0.15, 0.2) is 6.07 Å². The Kier molecular flexibility index (Phi) is 3.68. The van der Waals surface area contributed by atoms with Crippen molar-refractivity contribution in [3.05, 3.63) is 17.5 Å². The Morgan fingerprint density at radius 1 is 1.41 bits per heavy atom. The van der Waals surface area contributed by atoms with Crippen LogP contribution in [0.25, 0.3) is 0 Å². The molecule has 3 rings (SSSR count). The average Bonchev–Trinajstić information content (AvgIpc) is 2.99. The predicted molar refractivity (Wildman–Crippen MR) is 79.2 cm³/mol. The average molecular weight is 306 g/mol. The first-order chi connectivity index (χ1) is 10.4. The van der Waals surface area contributed by atoms with E-state index < -0.39 is 5.60 Å². The van der Waals surface area contributed by atoms with Crippen LogP contribution in [-0.4, -0.2) is 70.3 Å². The van der Waals surface area contributed by atoms with Crippen molar-refractivity contribution in [2.45, 2.75) is 32.4 Å². The summed E-state index contributed by atoms with van der Waals surface area (Å²) in [5.41, 5.74) is 1.51. The summed E-state index contributed by atoms with van der Waals surface area (Å²) in [6.07, 6.45) is 0.771. The highest BCUT2D eigenvalue weighted by molar-refractivity contribution is 5.78. The van der Waals surface area contributed by atoms with E-state index in [9.17, 15) is 9.59 Å². The molecule has 2 aliphatic heterocycles. The first-order valence-corrected chi connectivity index (χ1v) is 7.55. The van der Waals surface area contributed by atoms with Crippen molar-refractivity contribution >= 4 is 11.8 Å². The van der Waals surface area contributed by atoms with Gasteiger partial charge in [0, 0.05) is 19.3 Å². The summed E-state index contributed by atoms with van der Waals surface area (Å²) in [5.74, 6) is 0.0456. The van der Waals surface area contributed by atoms with E-state index in [1.165, 1.54) is 0 Å². The molecule has 0 saturated carbocycles. The van der Waals surface area contributed by atoms with Gasteiger partial charge in [0.15, 0.2) is 0 Å². The lowest BCUT2D eigenvalue weighted by Crippen LogP contribution is -2.54. The third-order valence-corrected chi connectivity index (χ3v) is 4.51. The molecule has 0 N–H and O–H groups in total. The molecule has 2 saturated heterocycles. The van der Waals surface area contributed by atoms with Crippen molar-refractivity contribution in [3.63, 3.8) is 0 Å². The van der Waals surface area contributed by atoms with Gasteiger partial charge in [0.05, 0.1) is 18.8 Å². The van der Waals surface area contributed by atoms with Gasteiger partial charge in [-0.05, 0) is 26.3 Å². The molecule has 2 fully saturated rings. The number of hydrogen-bond donors (Lipinski definition) is 0. The Hall–Kier alpha value is -1.89. The summed E-state index contributed by atoms with van der Waals surface area (Å²) in [7, 11) is 1.78. The summed E-state index contributed by atoms with van der Waals surface area (Å²) in [5, 5.41) is 4.33. The zero-order valence-corrected chi connectivity index (χ0v) is 13.3. The lowest BCUT2D eigenvalue weighted by atomic mass is 10.0. The number of nitrogens with zero attached hydrogens (tertiary/aromatic N) is 4. The minimum atomic E-state index is -0.395. The van der Waals surface area contributed by atoms with Gasteiger partial charge in [0.2, 0.25) is 11.8 Å². The Bertz CT molecular complexity index is 612. The van der Waals surface area contributed by atoms with E-state index >= 15 is 0 Å². The third-order valence-electron chi connectivity index (χ3n) is 4.51. The third kappa shape index (κ3) is 2.72. The topological polar surface area (TPSA) is 67.7 Å². The summed E-state index contributed by atoms with van der Waals surface area (Å²) < 4.78 is 7.50. The standard InChI is InChI=1S/C15H22N4O3/c1-11-6-12(2)19(16-11)7-13(20)18-5-4-15(10-18)9-17(3)14(21)8-22-15/h6H,4-5,7-10H2,1-3H3. The zero-order valence-electron chi connectivity index (χ0n) is 13.3. The van der Waals surface area contributed by atoms with Crippen LogP contribution in [0.1, 0.15) is 17.8 Å². The van der Waals surface area contributed by atoms with Crippen molar-refractivity contribution in [1.82, 2.24) is 19.6 Å². The van der Waals surface area contributed by atoms with Crippen molar-refractivity contribution in [2.24, 2.45) is 0 Å². The second-order valence-electron chi connectivity index (χ2n) is 6.37. The van der Waals surface area contributed by atoms with Gasteiger partial charge in [0.1, 0.15) is 18.8 Å². The SMILES string of the molecule is Cc1cc(C)n(CC(=O)N2CCC3(CN(C)C(=O)CO3)C2)n1. The number of rotatable bonds is 2. The van der Waals surface area contributed by atoms with Crippen LogP contribution in [0.4, 0.5) is 0 Å².